The van der Waals surface area contributed by atoms with E-state index in [1.165, 1.54) is 12.1 Å². The summed E-state index contributed by atoms with van der Waals surface area (Å²) in [5, 5.41) is 23.5. The summed E-state index contributed by atoms with van der Waals surface area (Å²) in [6, 6.07) is 17.2. The summed E-state index contributed by atoms with van der Waals surface area (Å²) in [5.41, 5.74) is 2.57. The standard InChI is InChI=1S/C24H21N3O4/c1-15(2)17-5-7-19(8-6-17)26-24(28)18(14-25)13-20-9-11-23(31-20)21-10-4-16(3)12-22(21)27(29)30/h4-13,15H,1-3H3,(H,26,28). The Morgan fingerprint density at radius 1 is 1.16 bits per heavy atom. The van der Waals surface area contributed by atoms with Crippen molar-refractivity contribution in [3.05, 3.63) is 87.2 Å². The Hall–Kier alpha value is -4.18. The number of rotatable bonds is 6. The first kappa shape index (κ1) is 21.5. The maximum Gasteiger partial charge on any atom is 0.280 e. The summed E-state index contributed by atoms with van der Waals surface area (Å²) in [6.45, 7) is 5.92. The molecule has 0 atom stereocenters. The first-order valence-corrected chi connectivity index (χ1v) is 9.67. The highest BCUT2D eigenvalue weighted by atomic mass is 16.6. The van der Waals surface area contributed by atoms with Crippen LogP contribution >= 0.6 is 0 Å². The molecular weight excluding hydrogens is 394 g/mol. The third kappa shape index (κ3) is 5.06. The smallest absolute Gasteiger partial charge is 0.280 e. The predicted molar refractivity (Wildman–Crippen MR) is 118 cm³/mol. The minimum atomic E-state index is -0.570. The molecule has 1 N–H and O–H groups in total. The molecule has 7 heteroatoms. The number of anilines is 1. The number of carbonyl (C=O) groups is 1. The Balaban J connectivity index is 1.83. The molecule has 0 bridgehead atoms. The van der Waals surface area contributed by atoms with Crippen LogP contribution in [0.3, 0.4) is 0 Å². The highest BCUT2D eigenvalue weighted by Gasteiger charge is 2.18. The normalized spacial score (nSPS) is 11.3. The second kappa shape index (κ2) is 9.09. The van der Waals surface area contributed by atoms with E-state index in [1.54, 1.807) is 43.3 Å². The monoisotopic (exact) mass is 415 g/mol. The number of nitro groups is 1. The quantitative estimate of drug-likeness (QED) is 0.236. The van der Waals surface area contributed by atoms with Crippen LogP contribution in [0, 0.1) is 28.4 Å². The topological polar surface area (TPSA) is 109 Å². The zero-order valence-electron chi connectivity index (χ0n) is 17.4. The van der Waals surface area contributed by atoms with Gasteiger partial charge in [0.15, 0.2) is 0 Å². The molecule has 0 saturated heterocycles. The molecule has 1 heterocycles. The molecule has 0 aliphatic carbocycles. The Morgan fingerprint density at radius 3 is 2.48 bits per heavy atom. The number of hydrogen-bond donors (Lipinski definition) is 1. The van der Waals surface area contributed by atoms with Gasteiger partial charge >= 0.3 is 0 Å². The van der Waals surface area contributed by atoms with E-state index in [0.717, 1.165) is 11.1 Å². The lowest BCUT2D eigenvalue weighted by Gasteiger charge is -2.08. The molecule has 0 radical (unpaired) electrons. The van der Waals surface area contributed by atoms with Gasteiger partial charge in [0, 0.05) is 17.8 Å². The fourth-order valence-electron chi connectivity index (χ4n) is 3.02. The number of aryl methyl sites for hydroxylation is 1. The average Bonchev–Trinajstić information content (AvgIpc) is 3.20. The molecule has 7 nitrogen and oxygen atoms in total. The lowest BCUT2D eigenvalue weighted by atomic mass is 10.0. The van der Waals surface area contributed by atoms with Crippen LogP contribution in [-0.2, 0) is 4.79 Å². The van der Waals surface area contributed by atoms with Crippen molar-refractivity contribution < 1.29 is 14.1 Å². The fourth-order valence-corrected chi connectivity index (χ4v) is 3.02. The van der Waals surface area contributed by atoms with Gasteiger partial charge in [0.2, 0.25) is 0 Å². The third-order valence-corrected chi connectivity index (χ3v) is 4.73. The van der Waals surface area contributed by atoms with Crippen molar-refractivity contribution in [2.24, 2.45) is 0 Å². The second-order valence-corrected chi connectivity index (χ2v) is 7.38. The highest BCUT2D eigenvalue weighted by molar-refractivity contribution is 6.09. The van der Waals surface area contributed by atoms with Crippen LogP contribution in [-0.4, -0.2) is 10.8 Å². The lowest BCUT2D eigenvalue weighted by Crippen LogP contribution is -2.13. The number of nitrogens with zero attached hydrogens (tertiary/aromatic N) is 2. The van der Waals surface area contributed by atoms with Crippen molar-refractivity contribution in [1.82, 2.24) is 0 Å². The lowest BCUT2D eigenvalue weighted by molar-refractivity contribution is -0.384. The van der Waals surface area contributed by atoms with Crippen LogP contribution < -0.4 is 5.32 Å². The van der Waals surface area contributed by atoms with Crippen molar-refractivity contribution >= 4 is 23.4 Å². The number of benzene rings is 2. The number of nitro benzene ring substituents is 1. The van der Waals surface area contributed by atoms with Gasteiger partial charge in [-0.3, -0.25) is 14.9 Å². The van der Waals surface area contributed by atoms with E-state index in [9.17, 15) is 20.2 Å². The second-order valence-electron chi connectivity index (χ2n) is 7.38. The molecule has 31 heavy (non-hydrogen) atoms. The number of carbonyl (C=O) groups excluding carboxylic acids is 1. The average molecular weight is 415 g/mol. The molecule has 3 rings (SSSR count). The molecule has 0 saturated carbocycles. The van der Waals surface area contributed by atoms with E-state index in [4.69, 9.17) is 4.42 Å². The molecule has 156 valence electrons. The molecule has 0 aliphatic heterocycles. The Kier molecular flexibility index (Phi) is 6.32. The summed E-state index contributed by atoms with van der Waals surface area (Å²) in [5.74, 6) is 0.322. The molecule has 1 amide bonds. The van der Waals surface area contributed by atoms with Gasteiger partial charge in [0.25, 0.3) is 11.6 Å². The van der Waals surface area contributed by atoms with Crippen LogP contribution in [0.5, 0.6) is 0 Å². The van der Waals surface area contributed by atoms with Crippen LogP contribution in [0.25, 0.3) is 17.4 Å². The minimum Gasteiger partial charge on any atom is -0.456 e. The molecule has 2 aromatic carbocycles. The van der Waals surface area contributed by atoms with E-state index in [-0.39, 0.29) is 22.8 Å². The highest BCUT2D eigenvalue weighted by Crippen LogP contribution is 2.32. The predicted octanol–water partition coefficient (Wildman–Crippen LogP) is 5.83. The van der Waals surface area contributed by atoms with E-state index in [1.807, 2.05) is 18.2 Å². The minimum absolute atomic E-state index is 0.0760. The van der Waals surface area contributed by atoms with Gasteiger partial charge < -0.3 is 9.73 Å². The fraction of sp³-hybridized carbons (Fsp3) is 0.167. The van der Waals surface area contributed by atoms with Gasteiger partial charge in [-0.2, -0.15) is 5.26 Å². The van der Waals surface area contributed by atoms with Gasteiger partial charge in [-0.25, -0.2) is 0 Å². The summed E-state index contributed by atoms with van der Waals surface area (Å²) in [6.07, 6.45) is 1.31. The van der Waals surface area contributed by atoms with E-state index in [0.29, 0.717) is 17.2 Å². The number of hydrogen-bond acceptors (Lipinski definition) is 5. The first-order valence-electron chi connectivity index (χ1n) is 9.67. The molecule has 0 aliphatic rings. The molecule has 0 spiro atoms. The maximum atomic E-state index is 12.5. The summed E-state index contributed by atoms with van der Waals surface area (Å²) < 4.78 is 5.66. The molecule has 0 fully saturated rings. The summed E-state index contributed by atoms with van der Waals surface area (Å²) in [4.78, 5) is 23.4. The third-order valence-electron chi connectivity index (χ3n) is 4.73. The van der Waals surface area contributed by atoms with E-state index in [2.05, 4.69) is 19.2 Å². The van der Waals surface area contributed by atoms with Gasteiger partial charge in [-0.15, -0.1) is 0 Å². The van der Waals surface area contributed by atoms with Crippen molar-refractivity contribution in [2.75, 3.05) is 5.32 Å². The molecule has 0 unspecified atom stereocenters. The van der Waals surface area contributed by atoms with Crippen molar-refractivity contribution in [1.29, 1.82) is 5.26 Å². The maximum absolute atomic E-state index is 12.5. The Bertz CT molecular complexity index is 1200. The Morgan fingerprint density at radius 2 is 1.87 bits per heavy atom. The van der Waals surface area contributed by atoms with Crippen LogP contribution in [0.2, 0.25) is 0 Å². The van der Waals surface area contributed by atoms with Gasteiger partial charge in [0.05, 0.1) is 10.5 Å². The molecule has 3 aromatic rings. The molecular formula is C24H21N3O4. The SMILES string of the molecule is Cc1ccc(-c2ccc(C=C(C#N)C(=O)Nc3ccc(C(C)C)cc3)o2)c([N+](=O)[O-])c1. The summed E-state index contributed by atoms with van der Waals surface area (Å²) >= 11 is 0. The van der Waals surface area contributed by atoms with Gasteiger partial charge in [-0.1, -0.05) is 32.0 Å². The number of nitrogens with one attached hydrogen (secondary N) is 1. The van der Waals surface area contributed by atoms with Crippen molar-refractivity contribution in [3.8, 4) is 17.4 Å². The number of nitriles is 1. The Labute approximate surface area is 179 Å². The first-order chi connectivity index (χ1) is 14.8. The largest absolute Gasteiger partial charge is 0.456 e. The van der Waals surface area contributed by atoms with Crippen LogP contribution in [0.15, 0.2) is 64.6 Å². The number of amides is 1. The van der Waals surface area contributed by atoms with E-state index >= 15 is 0 Å². The van der Waals surface area contributed by atoms with E-state index < -0.39 is 10.8 Å². The van der Waals surface area contributed by atoms with Gasteiger partial charge in [-0.05, 0) is 54.3 Å². The molecule has 1 aromatic heterocycles. The van der Waals surface area contributed by atoms with Crippen molar-refractivity contribution in [2.45, 2.75) is 26.7 Å². The van der Waals surface area contributed by atoms with Crippen LogP contribution in [0.4, 0.5) is 11.4 Å². The van der Waals surface area contributed by atoms with Crippen molar-refractivity contribution in [3.63, 3.8) is 0 Å². The summed E-state index contributed by atoms with van der Waals surface area (Å²) in [7, 11) is 0. The van der Waals surface area contributed by atoms with Gasteiger partial charge in [0.1, 0.15) is 23.2 Å². The zero-order chi connectivity index (χ0) is 22.5. The number of furan rings is 1. The zero-order valence-corrected chi connectivity index (χ0v) is 17.4. The van der Waals surface area contributed by atoms with Crippen LogP contribution in [0.1, 0.15) is 36.7 Å².